The molecule has 0 atom stereocenters. The summed E-state index contributed by atoms with van der Waals surface area (Å²) in [7, 11) is 0. The summed E-state index contributed by atoms with van der Waals surface area (Å²) in [5, 5.41) is 1.38. The Hall–Kier alpha value is -5.84. The minimum absolute atomic E-state index is 0.0276. The smallest absolute Gasteiger partial charge is 0.264 e. The summed E-state index contributed by atoms with van der Waals surface area (Å²) < 4.78 is 2.85. The lowest BCUT2D eigenvalue weighted by molar-refractivity contribution is 0.332. The third-order valence-corrected chi connectivity index (χ3v) is 19.7. The summed E-state index contributed by atoms with van der Waals surface area (Å²) in [5.41, 5.74) is 27.7. The van der Waals surface area contributed by atoms with Crippen molar-refractivity contribution in [2.75, 3.05) is 9.80 Å². The number of anilines is 6. The van der Waals surface area contributed by atoms with Crippen LogP contribution in [0.15, 0.2) is 127 Å². The first-order valence-corrected chi connectivity index (χ1v) is 28.0. The second kappa shape index (κ2) is 15.6. The normalized spacial score (nSPS) is 17.9. The van der Waals surface area contributed by atoms with Gasteiger partial charge in [0, 0.05) is 48.6 Å². The van der Waals surface area contributed by atoms with Crippen molar-refractivity contribution in [1.29, 1.82) is 0 Å². The van der Waals surface area contributed by atoms with Crippen LogP contribution in [0.3, 0.4) is 0 Å². The monoisotopic (exact) mass is 959 g/mol. The van der Waals surface area contributed by atoms with E-state index < -0.39 is 0 Å². The Morgan fingerprint density at radius 3 is 1.81 bits per heavy atom. The lowest BCUT2D eigenvalue weighted by atomic mass is 9.36. The number of thiophene rings is 1. The lowest BCUT2D eigenvalue weighted by Gasteiger charge is -2.44. The SMILES string of the molecule is Cc1cccc(C)c1-c1cc2c3c(c1)N(c1ccc(C(C)(C)C)cc1)c1c(sc4cc5c(cc14)C(C)(C)CCC5(C)C)B3c1cc(C(C)(C)C)ccc1N2c1cccc2c1-c1ccccc1C21CCCCC1. The van der Waals surface area contributed by atoms with Crippen molar-refractivity contribution in [3.63, 3.8) is 0 Å². The van der Waals surface area contributed by atoms with Crippen molar-refractivity contribution in [2.45, 2.75) is 155 Å². The molecule has 7 aromatic carbocycles. The summed E-state index contributed by atoms with van der Waals surface area (Å²) in [4.78, 5) is 5.47. The molecule has 362 valence electrons. The van der Waals surface area contributed by atoms with E-state index in [0.29, 0.717) is 0 Å². The molecule has 0 unspecified atom stereocenters. The van der Waals surface area contributed by atoms with Gasteiger partial charge in [0.25, 0.3) is 6.71 Å². The Balaban J connectivity index is 1.19. The molecule has 1 aromatic heterocycles. The number of nitrogens with zero attached hydrogens (tertiary/aromatic N) is 2. The van der Waals surface area contributed by atoms with E-state index >= 15 is 0 Å². The second-order valence-electron chi connectivity index (χ2n) is 26.0. The van der Waals surface area contributed by atoms with E-state index in [1.54, 1.807) is 0 Å². The van der Waals surface area contributed by atoms with Crippen LogP contribution in [0.1, 0.15) is 159 Å². The fraction of sp³-hybridized carbons (Fsp3) is 0.353. The van der Waals surface area contributed by atoms with Crippen molar-refractivity contribution in [2.24, 2.45) is 0 Å². The van der Waals surface area contributed by atoms with Gasteiger partial charge in [-0.15, -0.1) is 11.3 Å². The number of fused-ring (bicyclic) bond motifs is 12. The van der Waals surface area contributed by atoms with Gasteiger partial charge in [-0.1, -0.05) is 167 Å². The summed E-state index contributed by atoms with van der Waals surface area (Å²) in [6.07, 6.45) is 8.67. The average molecular weight is 959 g/mol. The van der Waals surface area contributed by atoms with E-state index in [2.05, 4.69) is 232 Å². The van der Waals surface area contributed by atoms with Crippen LogP contribution in [0.25, 0.3) is 32.3 Å². The van der Waals surface area contributed by atoms with Crippen LogP contribution in [-0.4, -0.2) is 6.71 Å². The largest absolute Gasteiger partial charge is 0.311 e. The first-order valence-electron chi connectivity index (χ1n) is 27.2. The highest BCUT2D eigenvalue weighted by atomic mass is 32.1. The molecule has 2 nitrogen and oxygen atoms in total. The van der Waals surface area contributed by atoms with Crippen LogP contribution in [-0.2, 0) is 27.1 Å². The van der Waals surface area contributed by atoms with Crippen molar-refractivity contribution >= 4 is 78.0 Å². The molecule has 2 aliphatic heterocycles. The molecule has 0 radical (unpaired) electrons. The Morgan fingerprint density at radius 1 is 0.514 bits per heavy atom. The van der Waals surface area contributed by atoms with Gasteiger partial charge in [-0.25, -0.2) is 0 Å². The van der Waals surface area contributed by atoms with Gasteiger partial charge in [-0.05, 0) is 182 Å². The Labute approximate surface area is 434 Å². The number of aryl methyl sites for hydroxylation is 2. The van der Waals surface area contributed by atoms with Gasteiger partial charge in [-0.3, -0.25) is 0 Å². The van der Waals surface area contributed by atoms with E-state index in [1.165, 1.54) is 172 Å². The molecular formula is C68H71BN2S. The molecule has 0 amide bonds. The predicted molar refractivity (Wildman–Crippen MR) is 313 cm³/mol. The molecule has 13 rings (SSSR count). The Morgan fingerprint density at radius 2 is 1.12 bits per heavy atom. The van der Waals surface area contributed by atoms with E-state index in [4.69, 9.17) is 0 Å². The van der Waals surface area contributed by atoms with Gasteiger partial charge in [0.2, 0.25) is 0 Å². The van der Waals surface area contributed by atoms with Crippen molar-refractivity contribution in [3.8, 4) is 22.3 Å². The Bertz CT molecular complexity index is 3540. The molecule has 0 saturated heterocycles. The van der Waals surface area contributed by atoms with Crippen LogP contribution < -0.4 is 25.5 Å². The molecule has 0 N–H and O–H groups in total. The van der Waals surface area contributed by atoms with Gasteiger partial charge in [0.15, 0.2) is 0 Å². The Kier molecular flexibility index (Phi) is 9.96. The molecule has 3 aliphatic carbocycles. The second-order valence-corrected chi connectivity index (χ2v) is 27.1. The molecule has 1 fully saturated rings. The minimum Gasteiger partial charge on any atom is -0.311 e. The number of hydrogen-bond acceptors (Lipinski definition) is 3. The van der Waals surface area contributed by atoms with Crippen LogP contribution in [0.2, 0.25) is 0 Å². The molecule has 72 heavy (non-hydrogen) atoms. The molecule has 1 saturated carbocycles. The molecule has 3 heterocycles. The van der Waals surface area contributed by atoms with E-state index in [0.717, 1.165) is 0 Å². The van der Waals surface area contributed by atoms with Gasteiger partial charge in [0.1, 0.15) is 0 Å². The van der Waals surface area contributed by atoms with Crippen LogP contribution in [0.5, 0.6) is 0 Å². The van der Waals surface area contributed by atoms with Gasteiger partial charge in [0.05, 0.1) is 11.4 Å². The van der Waals surface area contributed by atoms with Crippen LogP contribution >= 0.6 is 11.3 Å². The maximum absolute atomic E-state index is 2.74. The van der Waals surface area contributed by atoms with E-state index in [9.17, 15) is 0 Å². The molecular weight excluding hydrogens is 888 g/mol. The highest BCUT2D eigenvalue weighted by Gasteiger charge is 2.50. The van der Waals surface area contributed by atoms with Gasteiger partial charge in [-0.2, -0.15) is 0 Å². The van der Waals surface area contributed by atoms with Gasteiger partial charge < -0.3 is 9.80 Å². The van der Waals surface area contributed by atoms with Crippen LogP contribution in [0.4, 0.5) is 34.1 Å². The number of benzene rings is 7. The zero-order valence-electron chi connectivity index (χ0n) is 45.0. The van der Waals surface area contributed by atoms with Crippen molar-refractivity contribution < 1.29 is 0 Å². The molecule has 1 spiro atoms. The van der Waals surface area contributed by atoms with E-state index in [1.807, 2.05) is 0 Å². The van der Waals surface area contributed by atoms with Gasteiger partial charge >= 0.3 is 0 Å². The minimum atomic E-state index is -0.0375. The zero-order chi connectivity index (χ0) is 50.0. The molecule has 5 aliphatic rings. The highest BCUT2D eigenvalue weighted by molar-refractivity contribution is 7.33. The third kappa shape index (κ3) is 6.59. The highest BCUT2D eigenvalue weighted by Crippen LogP contribution is 2.60. The quantitative estimate of drug-likeness (QED) is 0.163. The summed E-state index contributed by atoms with van der Waals surface area (Å²) in [5.74, 6) is 0. The first-order chi connectivity index (χ1) is 34.3. The zero-order valence-corrected chi connectivity index (χ0v) is 45.8. The number of rotatable bonds is 3. The number of hydrogen-bond donors (Lipinski definition) is 0. The topological polar surface area (TPSA) is 6.48 Å². The summed E-state index contributed by atoms with van der Waals surface area (Å²) in [6, 6.07) is 51.4. The first kappa shape index (κ1) is 46.0. The third-order valence-electron chi connectivity index (χ3n) is 18.5. The maximum Gasteiger partial charge on any atom is 0.264 e. The molecule has 0 bridgehead atoms. The van der Waals surface area contributed by atoms with Crippen molar-refractivity contribution in [1.82, 2.24) is 0 Å². The fourth-order valence-corrected chi connectivity index (χ4v) is 15.8. The average Bonchev–Trinajstić information content (AvgIpc) is 3.85. The fourth-order valence-electron chi connectivity index (χ4n) is 14.4. The van der Waals surface area contributed by atoms with Crippen LogP contribution in [0, 0.1) is 13.8 Å². The summed E-state index contributed by atoms with van der Waals surface area (Å²) in [6.45, 7) is 28.7. The summed E-state index contributed by atoms with van der Waals surface area (Å²) >= 11 is 2.06. The van der Waals surface area contributed by atoms with Crippen molar-refractivity contribution in [3.05, 3.63) is 172 Å². The maximum atomic E-state index is 2.74. The molecule has 8 aromatic rings. The molecule has 4 heteroatoms. The predicted octanol–water partition coefficient (Wildman–Crippen LogP) is 17.4. The standard InChI is InChI=1S/C68H71BN2S/c1-41-20-18-21-42(2)59(41)43-36-56-61-57(37-43)71(55-25-19-24-50-60(55)47-22-14-15-23-49(47)68(50)32-16-13-17-33-68)54-31-28-45(65(6,7)8)38-53(54)69(61)63-62(70(56)46-29-26-44(27-30-46)64(3,4)5)48-39-51-52(40-58(48)72-63)67(11,12)35-34-66(51,9)10/h14-15,18-31,36-40H,13,16-17,32-35H2,1-12H3. The van der Waals surface area contributed by atoms with E-state index in [-0.39, 0.29) is 33.8 Å². The lowest BCUT2D eigenvalue weighted by Crippen LogP contribution is -2.60.